The molecule has 2 aromatic carbocycles. The number of nitrogens with one attached hydrogen (secondary N) is 1. The molecule has 0 bridgehead atoms. The predicted octanol–water partition coefficient (Wildman–Crippen LogP) is 3.43. The van der Waals surface area contributed by atoms with E-state index in [0.29, 0.717) is 50.4 Å². The highest BCUT2D eigenvalue weighted by molar-refractivity contribution is 5.95. The summed E-state index contributed by atoms with van der Waals surface area (Å²) >= 11 is 0. The number of carbonyl (C=O) groups is 2. The van der Waals surface area contributed by atoms with Gasteiger partial charge in [0.15, 0.2) is 0 Å². The van der Waals surface area contributed by atoms with Gasteiger partial charge in [0.2, 0.25) is 5.91 Å². The maximum absolute atomic E-state index is 14.4. The number of rotatable bonds is 5. The molecular formula is C23H27ClFN3O3. The highest BCUT2D eigenvalue weighted by atomic mass is 35.5. The molecule has 1 spiro atoms. The SMILES string of the molecule is Cl.NCCc1ccc(Oc2ccc(F)c(C(=O)N3CCC4(CCC(=O)N4)CC3)c2)cc1. The Morgan fingerprint density at radius 1 is 1.10 bits per heavy atom. The van der Waals surface area contributed by atoms with Crippen LogP contribution in [0.25, 0.3) is 0 Å². The molecule has 0 aliphatic carbocycles. The normalized spacial score (nSPS) is 17.2. The molecule has 2 aliphatic rings. The van der Waals surface area contributed by atoms with E-state index in [2.05, 4.69) is 5.32 Å². The molecule has 2 heterocycles. The van der Waals surface area contributed by atoms with Gasteiger partial charge in [-0.25, -0.2) is 4.39 Å². The lowest BCUT2D eigenvalue weighted by atomic mass is 9.86. The Bertz CT molecular complexity index is 944. The molecule has 0 radical (unpaired) electrons. The lowest BCUT2D eigenvalue weighted by molar-refractivity contribution is -0.120. The fourth-order valence-electron chi connectivity index (χ4n) is 4.22. The summed E-state index contributed by atoms with van der Waals surface area (Å²) in [6, 6.07) is 11.7. The largest absolute Gasteiger partial charge is 0.457 e. The van der Waals surface area contributed by atoms with Crippen molar-refractivity contribution in [2.75, 3.05) is 19.6 Å². The fourth-order valence-corrected chi connectivity index (χ4v) is 4.22. The lowest BCUT2D eigenvalue weighted by Crippen LogP contribution is -2.52. The summed E-state index contributed by atoms with van der Waals surface area (Å²) in [5.74, 6) is 0.165. The molecule has 2 aromatic rings. The standard InChI is InChI=1S/C23H26FN3O3.ClH/c24-20-6-5-18(30-17-3-1-16(2-4-17)8-12-25)15-19(20)22(29)27-13-10-23(11-14-27)9-7-21(28)26-23;/h1-6,15H,7-14,25H2,(H,26,28);1H. The molecule has 0 aromatic heterocycles. The van der Waals surface area contributed by atoms with Crippen molar-refractivity contribution in [2.24, 2.45) is 5.73 Å². The van der Waals surface area contributed by atoms with Crippen molar-refractivity contribution in [3.63, 3.8) is 0 Å². The minimum absolute atomic E-state index is 0. The van der Waals surface area contributed by atoms with E-state index in [1.54, 1.807) is 4.90 Å². The molecule has 2 saturated heterocycles. The van der Waals surface area contributed by atoms with Gasteiger partial charge in [0.05, 0.1) is 5.56 Å². The summed E-state index contributed by atoms with van der Waals surface area (Å²) in [5, 5.41) is 3.05. The summed E-state index contributed by atoms with van der Waals surface area (Å²) in [7, 11) is 0. The molecule has 8 heteroatoms. The van der Waals surface area contributed by atoms with E-state index in [1.807, 2.05) is 24.3 Å². The highest BCUT2D eigenvalue weighted by Gasteiger charge is 2.41. The van der Waals surface area contributed by atoms with Crippen molar-refractivity contribution >= 4 is 24.2 Å². The molecular weight excluding hydrogens is 421 g/mol. The van der Waals surface area contributed by atoms with Crippen LogP contribution in [0.2, 0.25) is 0 Å². The van der Waals surface area contributed by atoms with Crippen LogP contribution in [0.1, 0.15) is 41.6 Å². The van der Waals surface area contributed by atoms with Gasteiger partial charge in [-0.05, 0) is 68.1 Å². The Morgan fingerprint density at radius 2 is 1.77 bits per heavy atom. The fraction of sp³-hybridized carbons (Fsp3) is 0.391. The monoisotopic (exact) mass is 447 g/mol. The van der Waals surface area contributed by atoms with Gasteiger partial charge in [-0.3, -0.25) is 9.59 Å². The van der Waals surface area contributed by atoms with E-state index in [1.165, 1.54) is 18.2 Å². The quantitative estimate of drug-likeness (QED) is 0.735. The molecule has 3 N–H and O–H groups in total. The number of nitrogens with two attached hydrogens (primary N) is 1. The zero-order valence-electron chi connectivity index (χ0n) is 17.2. The van der Waals surface area contributed by atoms with E-state index in [-0.39, 0.29) is 35.3 Å². The Labute approximate surface area is 187 Å². The van der Waals surface area contributed by atoms with Crippen molar-refractivity contribution in [3.05, 3.63) is 59.4 Å². The van der Waals surface area contributed by atoms with Crippen molar-refractivity contribution in [1.82, 2.24) is 10.2 Å². The first-order valence-electron chi connectivity index (χ1n) is 10.3. The van der Waals surface area contributed by atoms with Crippen molar-refractivity contribution in [2.45, 2.75) is 37.6 Å². The Morgan fingerprint density at radius 3 is 2.39 bits per heavy atom. The van der Waals surface area contributed by atoms with Crippen molar-refractivity contribution in [3.8, 4) is 11.5 Å². The van der Waals surface area contributed by atoms with Crippen LogP contribution in [0.5, 0.6) is 11.5 Å². The third kappa shape index (κ3) is 5.17. The molecule has 2 aliphatic heterocycles. The van der Waals surface area contributed by atoms with Crippen molar-refractivity contribution < 1.29 is 18.7 Å². The van der Waals surface area contributed by atoms with Gasteiger partial charge in [-0.2, -0.15) is 0 Å². The zero-order chi connectivity index (χ0) is 21.1. The van der Waals surface area contributed by atoms with Gasteiger partial charge in [0.1, 0.15) is 17.3 Å². The third-order valence-corrected chi connectivity index (χ3v) is 6.00. The number of likely N-dealkylation sites (tertiary alicyclic amines) is 1. The molecule has 4 rings (SSSR count). The second-order valence-corrected chi connectivity index (χ2v) is 8.05. The Balaban J connectivity index is 0.00000272. The molecule has 0 unspecified atom stereocenters. The smallest absolute Gasteiger partial charge is 0.256 e. The molecule has 6 nitrogen and oxygen atoms in total. The Kier molecular flexibility index (Phi) is 7.18. The van der Waals surface area contributed by atoms with Crippen LogP contribution in [-0.2, 0) is 11.2 Å². The summed E-state index contributed by atoms with van der Waals surface area (Å²) in [4.78, 5) is 26.2. The average Bonchev–Trinajstić information content (AvgIpc) is 3.11. The number of amides is 2. The molecule has 0 saturated carbocycles. The summed E-state index contributed by atoms with van der Waals surface area (Å²) in [6.45, 7) is 1.56. The number of benzene rings is 2. The van der Waals surface area contributed by atoms with Crippen LogP contribution in [0.4, 0.5) is 4.39 Å². The van der Waals surface area contributed by atoms with Crippen LogP contribution < -0.4 is 15.8 Å². The van der Waals surface area contributed by atoms with Gasteiger partial charge in [0.25, 0.3) is 5.91 Å². The summed E-state index contributed by atoms with van der Waals surface area (Å²) in [5.41, 5.74) is 6.47. The highest BCUT2D eigenvalue weighted by Crippen LogP contribution is 2.32. The number of hydrogen-bond acceptors (Lipinski definition) is 4. The second-order valence-electron chi connectivity index (χ2n) is 8.05. The van der Waals surface area contributed by atoms with E-state index in [0.717, 1.165) is 18.4 Å². The van der Waals surface area contributed by atoms with Crippen LogP contribution in [0, 0.1) is 5.82 Å². The first kappa shape index (κ1) is 23.0. The first-order valence-corrected chi connectivity index (χ1v) is 10.3. The van der Waals surface area contributed by atoms with Gasteiger partial charge < -0.3 is 20.7 Å². The zero-order valence-corrected chi connectivity index (χ0v) is 18.1. The number of ether oxygens (including phenoxy) is 1. The van der Waals surface area contributed by atoms with Crippen LogP contribution >= 0.6 is 12.4 Å². The van der Waals surface area contributed by atoms with Crippen molar-refractivity contribution in [1.29, 1.82) is 0 Å². The van der Waals surface area contributed by atoms with Gasteiger partial charge in [-0.1, -0.05) is 12.1 Å². The van der Waals surface area contributed by atoms with Crippen LogP contribution in [0.3, 0.4) is 0 Å². The van der Waals surface area contributed by atoms with Gasteiger partial charge in [-0.15, -0.1) is 12.4 Å². The number of hydrogen-bond donors (Lipinski definition) is 2. The van der Waals surface area contributed by atoms with Crippen LogP contribution in [0.15, 0.2) is 42.5 Å². The molecule has 2 fully saturated rings. The van der Waals surface area contributed by atoms with Gasteiger partial charge in [0, 0.05) is 25.0 Å². The average molecular weight is 448 g/mol. The number of piperidine rings is 1. The number of halogens is 2. The minimum atomic E-state index is -0.569. The lowest BCUT2D eigenvalue weighted by Gasteiger charge is -2.39. The minimum Gasteiger partial charge on any atom is -0.457 e. The maximum Gasteiger partial charge on any atom is 0.256 e. The molecule has 31 heavy (non-hydrogen) atoms. The van der Waals surface area contributed by atoms with E-state index in [4.69, 9.17) is 10.5 Å². The number of carbonyl (C=O) groups excluding carboxylic acids is 2. The predicted molar refractivity (Wildman–Crippen MR) is 118 cm³/mol. The maximum atomic E-state index is 14.4. The second kappa shape index (κ2) is 9.66. The van der Waals surface area contributed by atoms with Crippen LogP contribution in [-0.4, -0.2) is 41.9 Å². The Hall–Kier alpha value is -2.64. The molecule has 166 valence electrons. The molecule has 0 atom stereocenters. The molecule has 2 amide bonds. The van der Waals surface area contributed by atoms with E-state index in [9.17, 15) is 14.0 Å². The third-order valence-electron chi connectivity index (χ3n) is 6.00. The topological polar surface area (TPSA) is 84.7 Å². The summed E-state index contributed by atoms with van der Waals surface area (Å²) in [6.07, 6.45) is 3.51. The van der Waals surface area contributed by atoms with E-state index >= 15 is 0 Å². The van der Waals surface area contributed by atoms with E-state index < -0.39 is 5.82 Å². The summed E-state index contributed by atoms with van der Waals surface area (Å²) < 4.78 is 20.2. The first-order chi connectivity index (χ1) is 14.5. The number of nitrogens with zero attached hydrogens (tertiary/aromatic N) is 1. The van der Waals surface area contributed by atoms with Gasteiger partial charge >= 0.3 is 0 Å².